The van der Waals surface area contributed by atoms with E-state index in [0.717, 1.165) is 76.2 Å². The average molecular weight is 789 g/mol. The van der Waals surface area contributed by atoms with Gasteiger partial charge in [-0.25, -0.2) is 0 Å². The van der Waals surface area contributed by atoms with Crippen molar-refractivity contribution in [2.24, 2.45) is 56.7 Å². The second kappa shape index (κ2) is 17.1. The Morgan fingerprint density at radius 3 is 2.23 bits per heavy atom. The van der Waals surface area contributed by atoms with Crippen LogP contribution in [0.4, 0.5) is 0 Å². The van der Waals surface area contributed by atoms with Gasteiger partial charge < -0.3 is 26.0 Å². The Labute approximate surface area is 343 Å². The fourth-order valence-electron chi connectivity index (χ4n) is 14.6. The lowest BCUT2D eigenvalue weighted by Crippen LogP contribution is -2.67. The Kier molecular flexibility index (Phi) is 13.2. The molecule has 5 N–H and O–H groups in total. The van der Waals surface area contributed by atoms with Gasteiger partial charge in [-0.2, -0.15) is 0 Å². The van der Waals surface area contributed by atoms with Gasteiger partial charge in [0.2, 0.25) is 11.8 Å². The number of fused-ring (bicyclic) bond motifs is 7. The summed E-state index contributed by atoms with van der Waals surface area (Å²) in [6, 6.07) is 8.83. The van der Waals surface area contributed by atoms with Gasteiger partial charge in [0.15, 0.2) is 0 Å². The summed E-state index contributed by atoms with van der Waals surface area (Å²) < 4.78 is 0. The molecule has 12 atom stereocenters. The van der Waals surface area contributed by atoms with Crippen LogP contribution in [0.1, 0.15) is 156 Å². The molecule has 0 aromatic heterocycles. The van der Waals surface area contributed by atoms with Crippen molar-refractivity contribution in [1.82, 2.24) is 10.6 Å². The summed E-state index contributed by atoms with van der Waals surface area (Å²) in [4.78, 5) is 38.6. The van der Waals surface area contributed by atoms with Gasteiger partial charge in [0.25, 0.3) is 0 Å². The number of aliphatic hydroxyl groups excluding tert-OH is 2. The van der Waals surface area contributed by atoms with Crippen LogP contribution in [0, 0.1) is 56.7 Å². The number of nitrogens with one attached hydrogen (secondary N) is 2. The minimum absolute atomic E-state index is 0.0529. The fraction of sp³-hybridized carbons (Fsp3) is 0.776. The molecule has 0 aliphatic heterocycles. The molecule has 5 aliphatic rings. The molecule has 2 amide bonds. The molecule has 5 aliphatic carbocycles. The van der Waals surface area contributed by atoms with Crippen molar-refractivity contribution >= 4 is 17.8 Å². The predicted octanol–water partition coefficient (Wildman–Crippen LogP) is 9.02. The number of hydrogen-bond donors (Lipinski definition) is 5. The van der Waals surface area contributed by atoms with Crippen LogP contribution in [-0.4, -0.2) is 57.9 Å². The van der Waals surface area contributed by atoms with Crippen LogP contribution in [0.15, 0.2) is 42.5 Å². The third kappa shape index (κ3) is 8.13. The number of rotatable bonds is 16. The van der Waals surface area contributed by atoms with Gasteiger partial charge >= 0.3 is 5.97 Å². The van der Waals surface area contributed by atoms with Crippen LogP contribution < -0.4 is 10.6 Å². The third-order valence-corrected chi connectivity index (χ3v) is 17.9. The van der Waals surface area contributed by atoms with E-state index in [9.17, 15) is 29.7 Å². The van der Waals surface area contributed by atoms with Crippen molar-refractivity contribution in [3.05, 3.63) is 48.0 Å². The zero-order valence-electron chi connectivity index (χ0n) is 36.2. The van der Waals surface area contributed by atoms with E-state index < -0.39 is 24.5 Å². The zero-order chi connectivity index (χ0) is 41.4. The molecule has 5 saturated carbocycles. The van der Waals surface area contributed by atoms with E-state index in [1.165, 1.54) is 31.3 Å². The van der Waals surface area contributed by atoms with Gasteiger partial charge in [0.1, 0.15) is 0 Å². The Morgan fingerprint density at radius 2 is 1.53 bits per heavy atom. The quantitative estimate of drug-likeness (QED) is 0.0839. The van der Waals surface area contributed by atoms with E-state index in [2.05, 4.69) is 58.8 Å². The first kappa shape index (κ1) is 43.9. The van der Waals surface area contributed by atoms with E-state index in [4.69, 9.17) is 0 Å². The third-order valence-electron chi connectivity index (χ3n) is 17.9. The number of carboxylic acids is 1. The van der Waals surface area contributed by atoms with E-state index >= 15 is 0 Å². The van der Waals surface area contributed by atoms with Gasteiger partial charge in [-0.3, -0.25) is 14.4 Å². The number of amides is 2. The first-order valence-electron chi connectivity index (χ1n) is 22.8. The molecule has 1 aromatic carbocycles. The van der Waals surface area contributed by atoms with Crippen LogP contribution in [0.2, 0.25) is 0 Å². The zero-order valence-corrected chi connectivity index (χ0v) is 36.2. The van der Waals surface area contributed by atoms with Crippen molar-refractivity contribution in [3.8, 4) is 0 Å². The number of hydrogen-bond acceptors (Lipinski definition) is 5. The maximum atomic E-state index is 14.5. The largest absolute Gasteiger partial charge is 0.481 e. The van der Waals surface area contributed by atoms with Crippen molar-refractivity contribution in [3.63, 3.8) is 0 Å². The summed E-state index contributed by atoms with van der Waals surface area (Å²) in [5, 5.41) is 37.2. The van der Waals surface area contributed by atoms with Gasteiger partial charge in [-0.15, -0.1) is 0 Å². The number of carbonyl (C=O) groups is 3. The highest BCUT2D eigenvalue weighted by Crippen LogP contribution is 2.77. The number of aliphatic hydroxyl groups is 2. The number of carbonyl (C=O) groups excluding carboxylic acids is 2. The molecule has 6 rings (SSSR count). The van der Waals surface area contributed by atoms with E-state index in [1.54, 1.807) is 0 Å². The lowest BCUT2D eigenvalue weighted by molar-refractivity contribution is -0.246. The molecule has 0 heterocycles. The molecule has 318 valence electrons. The summed E-state index contributed by atoms with van der Waals surface area (Å²) in [6.07, 6.45) is 14.4. The highest BCUT2D eigenvalue weighted by Gasteiger charge is 2.71. The summed E-state index contributed by atoms with van der Waals surface area (Å²) in [5.74, 6) is 1.44. The molecule has 8 heteroatoms. The Morgan fingerprint density at radius 1 is 0.825 bits per heavy atom. The Bertz CT molecular complexity index is 1610. The fourth-order valence-corrected chi connectivity index (χ4v) is 14.6. The summed E-state index contributed by atoms with van der Waals surface area (Å²) in [5.41, 5.74) is 2.44. The van der Waals surface area contributed by atoms with Crippen molar-refractivity contribution in [2.75, 3.05) is 6.54 Å². The molecule has 8 nitrogen and oxygen atoms in total. The van der Waals surface area contributed by atoms with Crippen LogP contribution >= 0.6 is 0 Å². The van der Waals surface area contributed by atoms with Crippen molar-refractivity contribution in [2.45, 2.75) is 175 Å². The standard InChI is InChI=1S/C49H76N2O6/c1-32(2)34-21-26-49(28-27-47(6)35(43(34)49)19-20-39-46(5)24-23-40(53)45(3,4)38(46)22-25-48(39,47)7)44(57)50-29-15-10-8-9-14-18-41(54)51-36(37(52)31-42(55)56)30-33-16-12-11-13-17-33/h11-13,16-17,34-40,43,52-53H,1,8-10,14-15,18-31H2,2-7H3,(H,50,57)(H,51,54)(H,55,56)/t34-,35+,36-,37-,38-,39?,40-,43+,46-,47+,48+,49-/m0/s1. The maximum Gasteiger partial charge on any atom is 0.306 e. The monoisotopic (exact) mass is 789 g/mol. The highest BCUT2D eigenvalue weighted by atomic mass is 16.4. The molecule has 57 heavy (non-hydrogen) atoms. The van der Waals surface area contributed by atoms with Crippen molar-refractivity contribution in [1.29, 1.82) is 0 Å². The first-order chi connectivity index (χ1) is 26.9. The highest BCUT2D eigenvalue weighted by molar-refractivity contribution is 5.84. The average Bonchev–Trinajstić information content (AvgIpc) is 3.56. The van der Waals surface area contributed by atoms with Crippen LogP contribution in [0.5, 0.6) is 0 Å². The lowest BCUT2D eigenvalue weighted by atomic mass is 9.32. The molecule has 5 fully saturated rings. The second-order valence-corrected chi connectivity index (χ2v) is 21.0. The molecule has 0 spiro atoms. The van der Waals surface area contributed by atoms with Gasteiger partial charge in [-0.1, -0.05) is 96.4 Å². The molecular formula is C49H76N2O6. The maximum absolute atomic E-state index is 14.5. The van der Waals surface area contributed by atoms with Crippen LogP contribution in [-0.2, 0) is 20.8 Å². The first-order valence-corrected chi connectivity index (χ1v) is 22.8. The number of benzene rings is 1. The van der Waals surface area contributed by atoms with E-state index in [1.807, 2.05) is 30.3 Å². The predicted molar refractivity (Wildman–Crippen MR) is 226 cm³/mol. The van der Waals surface area contributed by atoms with Gasteiger partial charge in [0.05, 0.1) is 30.1 Å². The SMILES string of the molecule is C=C(C)[C@@H]1CC[C@]2(C(=O)NCCCCCCCC(=O)N[C@@H](Cc3ccccc3)[C@@H](O)CC(=O)O)CC[C@]3(C)[C@H](CCC4[C@@]5(C)CC[C@H](O)C(C)(C)[C@@H]5CC[C@]43C)[C@@H]12. The topological polar surface area (TPSA) is 136 Å². The number of carboxylic acid groups (broad SMARTS) is 1. The summed E-state index contributed by atoms with van der Waals surface area (Å²) in [7, 11) is 0. The molecule has 1 aromatic rings. The van der Waals surface area contributed by atoms with E-state index in [-0.39, 0.29) is 45.0 Å². The number of allylic oxidation sites excluding steroid dienone is 1. The van der Waals surface area contributed by atoms with Crippen molar-refractivity contribution < 1.29 is 29.7 Å². The smallest absolute Gasteiger partial charge is 0.306 e. The normalized spacial score (nSPS) is 37.7. The number of aliphatic carboxylic acids is 1. The van der Waals surface area contributed by atoms with Gasteiger partial charge in [0, 0.05) is 13.0 Å². The molecule has 1 unspecified atom stereocenters. The van der Waals surface area contributed by atoms with E-state index in [0.29, 0.717) is 49.0 Å². The minimum Gasteiger partial charge on any atom is -0.481 e. The molecule has 0 saturated heterocycles. The Hall–Kier alpha value is -2.71. The molecule has 0 bridgehead atoms. The van der Waals surface area contributed by atoms with Crippen LogP contribution in [0.3, 0.4) is 0 Å². The minimum atomic E-state index is -1.17. The van der Waals surface area contributed by atoms with Gasteiger partial charge in [-0.05, 0) is 147 Å². The number of unbranched alkanes of at least 4 members (excludes halogenated alkanes) is 4. The second-order valence-electron chi connectivity index (χ2n) is 21.0. The van der Waals surface area contributed by atoms with Crippen LogP contribution in [0.25, 0.3) is 0 Å². The Balaban J connectivity index is 1.01. The summed E-state index contributed by atoms with van der Waals surface area (Å²) in [6.45, 7) is 19.9. The lowest BCUT2D eigenvalue weighted by Gasteiger charge is -2.72. The molecular weight excluding hydrogens is 713 g/mol. The summed E-state index contributed by atoms with van der Waals surface area (Å²) >= 11 is 0. The molecule has 0 radical (unpaired) electrons.